The average Bonchev–Trinajstić information content (AvgIpc) is 2.74. The molecule has 0 saturated heterocycles. The molecule has 2 N–H and O–H groups in total. The summed E-state index contributed by atoms with van der Waals surface area (Å²) in [6.07, 6.45) is 0.971. The second kappa shape index (κ2) is 10.5. The summed E-state index contributed by atoms with van der Waals surface area (Å²) in [6, 6.07) is 27.6. The molecule has 0 unspecified atom stereocenters. The zero-order valence-electron chi connectivity index (χ0n) is 16.5. The Bertz CT molecular complexity index is 927. The third-order valence-corrected chi connectivity index (χ3v) is 4.76. The van der Waals surface area contributed by atoms with Gasteiger partial charge < -0.3 is 10.2 Å². The average molecular weight is 404 g/mol. The van der Waals surface area contributed by atoms with Crippen LogP contribution in [-0.2, 0) is 13.0 Å². The van der Waals surface area contributed by atoms with Crippen LogP contribution in [0.15, 0.2) is 84.9 Å². The Morgan fingerprint density at radius 1 is 0.862 bits per heavy atom. The van der Waals surface area contributed by atoms with Crippen LogP contribution in [0.2, 0.25) is 0 Å². The second-order valence-electron chi connectivity index (χ2n) is 6.94. The van der Waals surface area contributed by atoms with Gasteiger partial charge in [-0.15, -0.1) is 0 Å². The van der Waals surface area contributed by atoms with E-state index >= 15 is 0 Å². The predicted molar refractivity (Wildman–Crippen MR) is 123 cm³/mol. The van der Waals surface area contributed by atoms with E-state index in [0.29, 0.717) is 5.56 Å². The van der Waals surface area contributed by atoms with Gasteiger partial charge in [-0.05, 0) is 61.1 Å². The number of carbonyl (C=O) groups excluding carboxylic acids is 1. The van der Waals surface area contributed by atoms with Crippen molar-refractivity contribution in [3.63, 3.8) is 0 Å². The zero-order chi connectivity index (χ0) is 20.5. The van der Waals surface area contributed by atoms with E-state index in [2.05, 4.69) is 59.0 Å². The van der Waals surface area contributed by atoms with Gasteiger partial charge in [-0.2, -0.15) is 0 Å². The number of amides is 1. The van der Waals surface area contributed by atoms with Crippen molar-refractivity contribution >= 4 is 28.9 Å². The minimum atomic E-state index is -0.221. The molecule has 0 fully saturated rings. The summed E-state index contributed by atoms with van der Waals surface area (Å²) in [4.78, 5) is 14.5. The first-order chi connectivity index (χ1) is 14.1. The van der Waals surface area contributed by atoms with E-state index in [9.17, 15) is 4.79 Å². The summed E-state index contributed by atoms with van der Waals surface area (Å²) < 4.78 is 0. The third-order valence-electron chi connectivity index (χ3n) is 4.55. The molecule has 5 heteroatoms. The first kappa shape index (κ1) is 20.7. The second-order valence-corrected chi connectivity index (χ2v) is 7.35. The molecule has 0 bridgehead atoms. The minimum Gasteiger partial charge on any atom is -0.332 e. The van der Waals surface area contributed by atoms with Crippen LogP contribution in [0.5, 0.6) is 0 Å². The molecule has 3 aromatic carbocycles. The highest BCUT2D eigenvalue weighted by molar-refractivity contribution is 7.80. The lowest BCUT2D eigenvalue weighted by Crippen LogP contribution is -2.34. The van der Waals surface area contributed by atoms with Crippen molar-refractivity contribution in [3.05, 3.63) is 102 Å². The fourth-order valence-corrected chi connectivity index (χ4v) is 3.19. The summed E-state index contributed by atoms with van der Waals surface area (Å²) in [6.45, 7) is 1.92. The monoisotopic (exact) mass is 403 g/mol. The molecule has 0 heterocycles. The van der Waals surface area contributed by atoms with Crippen LogP contribution >= 0.6 is 12.2 Å². The van der Waals surface area contributed by atoms with Crippen LogP contribution < -0.4 is 10.6 Å². The maximum absolute atomic E-state index is 12.1. The van der Waals surface area contributed by atoms with Crippen molar-refractivity contribution in [1.29, 1.82) is 0 Å². The van der Waals surface area contributed by atoms with E-state index < -0.39 is 0 Å². The Hall–Kier alpha value is -3.02. The quantitative estimate of drug-likeness (QED) is 0.571. The molecule has 0 aliphatic heterocycles. The lowest BCUT2D eigenvalue weighted by atomic mass is 10.1. The number of carbonyl (C=O) groups is 1. The van der Waals surface area contributed by atoms with Gasteiger partial charge in [-0.1, -0.05) is 60.7 Å². The van der Waals surface area contributed by atoms with Crippen LogP contribution in [0, 0.1) is 0 Å². The summed E-state index contributed by atoms with van der Waals surface area (Å²) in [5.74, 6) is -0.221. The molecule has 148 valence electrons. The van der Waals surface area contributed by atoms with Gasteiger partial charge in [-0.25, -0.2) is 0 Å². The van der Waals surface area contributed by atoms with E-state index in [4.69, 9.17) is 12.2 Å². The molecule has 1 amide bonds. The van der Waals surface area contributed by atoms with Crippen molar-refractivity contribution in [1.82, 2.24) is 10.2 Å². The van der Waals surface area contributed by atoms with E-state index in [1.807, 2.05) is 36.4 Å². The van der Waals surface area contributed by atoms with Gasteiger partial charge in [0.2, 0.25) is 0 Å². The molecule has 0 saturated carbocycles. The Morgan fingerprint density at radius 2 is 1.48 bits per heavy atom. The molecule has 0 atom stereocenters. The van der Waals surface area contributed by atoms with Gasteiger partial charge >= 0.3 is 0 Å². The maximum atomic E-state index is 12.1. The number of hydrogen-bond acceptors (Lipinski definition) is 3. The van der Waals surface area contributed by atoms with E-state index in [-0.39, 0.29) is 11.0 Å². The van der Waals surface area contributed by atoms with E-state index in [1.54, 1.807) is 12.1 Å². The number of nitrogens with one attached hydrogen (secondary N) is 2. The van der Waals surface area contributed by atoms with E-state index in [1.165, 1.54) is 11.1 Å². The highest BCUT2D eigenvalue weighted by Crippen LogP contribution is 2.11. The molecular formula is C24H25N3OS. The van der Waals surface area contributed by atoms with Gasteiger partial charge in [-0.3, -0.25) is 10.1 Å². The lowest BCUT2D eigenvalue weighted by molar-refractivity contribution is 0.0977. The Labute approximate surface area is 177 Å². The first-order valence-corrected chi connectivity index (χ1v) is 10.00. The fraction of sp³-hybridized carbons (Fsp3) is 0.167. The van der Waals surface area contributed by atoms with Gasteiger partial charge in [0.05, 0.1) is 0 Å². The van der Waals surface area contributed by atoms with Crippen molar-refractivity contribution in [2.75, 3.05) is 18.9 Å². The highest BCUT2D eigenvalue weighted by atomic mass is 32.1. The SMILES string of the molecule is CN(CCc1ccc(NC(=S)NC(=O)c2ccccc2)cc1)Cc1ccccc1. The van der Waals surface area contributed by atoms with Crippen LogP contribution in [-0.4, -0.2) is 29.5 Å². The number of rotatable bonds is 7. The minimum absolute atomic E-state index is 0.221. The largest absolute Gasteiger partial charge is 0.332 e. The number of thiocarbonyl (C=S) groups is 1. The summed E-state index contributed by atoms with van der Waals surface area (Å²) in [5.41, 5.74) is 4.01. The number of hydrogen-bond donors (Lipinski definition) is 2. The number of likely N-dealkylation sites (N-methyl/N-ethyl adjacent to an activating group) is 1. The van der Waals surface area contributed by atoms with Gasteiger partial charge in [0, 0.05) is 24.3 Å². The summed E-state index contributed by atoms with van der Waals surface area (Å²) in [7, 11) is 2.14. The smallest absolute Gasteiger partial charge is 0.257 e. The highest BCUT2D eigenvalue weighted by Gasteiger charge is 2.07. The molecule has 29 heavy (non-hydrogen) atoms. The van der Waals surface area contributed by atoms with Crippen molar-refractivity contribution in [2.45, 2.75) is 13.0 Å². The Balaban J connectivity index is 1.44. The standard InChI is InChI=1S/C24H25N3OS/c1-27(18-20-8-4-2-5-9-20)17-16-19-12-14-22(15-13-19)25-24(29)26-23(28)21-10-6-3-7-11-21/h2-15H,16-18H2,1H3,(H2,25,26,28,29). The van der Waals surface area contributed by atoms with E-state index in [0.717, 1.165) is 25.2 Å². The number of nitrogens with zero attached hydrogens (tertiary/aromatic N) is 1. The van der Waals surface area contributed by atoms with Crippen LogP contribution in [0.25, 0.3) is 0 Å². The molecule has 4 nitrogen and oxygen atoms in total. The molecule has 0 spiro atoms. The normalized spacial score (nSPS) is 10.6. The van der Waals surface area contributed by atoms with Gasteiger partial charge in [0.15, 0.2) is 5.11 Å². The fourth-order valence-electron chi connectivity index (χ4n) is 2.98. The Kier molecular flexibility index (Phi) is 7.50. The molecule has 0 aliphatic rings. The summed E-state index contributed by atoms with van der Waals surface area (Å²) >= 11 is 5.24. The number of anilines is 1. The lowest BCUT2D eigenvalue weighted by Gasteiger charge is -2.17. The Morgan fingerprint density at radius 3 is 2.14 bits per heavy atom. The van der Waals surface area contributed by atoms with Gasteiger partial charge in [0.1, 0.15) is 0 Å². The third kappa shape index (κ3) is 6.82. The predicted octanol–water partition coefficient (Wildman–Crippen LogP) is 4.49. The molecule has 0 aliphatic carbocycles. The molecule has 3 aromatic rings. The van der Waals surface area contributed by atoms with Crippen molar-refractivity contribution < 1.29 is 4.79 Å². The molecular weight excluding hydrogens is 378 g/mol. The number of benzene rings is 3. The zero-order valence-corrected chi connectivity index (χ0v) is 17.3. The first-order valence-electron chi connectivity index (χ1n) is 9.59. The van der Waals surface area contributed by atoms with Crippen molar-refractivity contribution in [3.8, 4) is 0 Å². The molecule has 3 rings (SSSR count). The molecule has 0 aromatic heterocycles. The van der Waals surface area contributed by atoms with Gasteiger partial charge in [0.25, 0.3) is 5.91 Å². The molecule has 0 radical (unpaired) electrons. The summed E-state index contributed by atoms with van der Waals surface area (Å²) in [5, 5.41) is 6.04. The van der Waals surface area contributed by atoms with Crippen LogP contribution in [0.1, 0.15) is 21.5 Å². The van der Waals surface area contributed by atoms with Crippen LogP contribution in [0.4, 0.5) is 5.69 Å². The topological polar surface area (TPSA) is 44.4 Å². The van der Waals surface area contributed by atoms with Crippen LogP contribution in [0.3, 0.4) is 0 Å². The van der Waals surface area contributed by atoms with Crippen molar-refractivity contribution in [2.24, 2.45) is 0 Å². The maximum Gasteiger partial charge on any atom is 0.257 e.